The molecule has 2 aliphatic carbocycles. The molecule has 0 bridgehead atoms. The number of nitrogens with zero attached hydrogens (tertiary/aromatic N) is 4. The van der Waals surface area contributed by atoms with Gasteiger partial charge in [0.15, 0.2) is 0 Å². The van der Waals surface area contributed by atoms with Crippen LogP contribution in [0.25, 0.3) is 0 Å². The monoisotopic (exact) mass is 558 g/mol. The number of hydrogen-bond donors (Lipinski definition) is 0. The van der Waals surface area contributed by atoms with E-state index in [0.29, 0.717) is 31.4 Å². The zero-order valence-corrected chi connectivity index (χ0v) is 24.4. The summed E-state index contributed by atoms with van der Waals surface area (Å²) in [6.45, 7) is 7.54. The summed E-state index contributed by atoms with van der Waals surface area (Å²) >= 11 is 0. The maximum atomic E-state index is 14.4. The zero-order valence-electron chi connectivity index (χ0n) is 23.6. The molecule has 1 fully saturated rings. The summed E-state index contributed by atoms with van der Waals surface area (Å²) in [6.07, 6.45) is 6.28. The number of aromatic nitrogens is 2. The predicted octanol–water partition coefficient (Wildman–Crippen LogP) is 4.09. The number of halogens is 1. The second-order valence-electron chi connectivity index (χ2n) is 12.2. The van der Waals surface area contributed by atoms with E-state index in [1.807, 2.05) is 26.8 Å². The lowest BCUT2D eigenvalue weighted by Crippen LogP contribution is -2.58. The van der Waals surface area contributed by atoms with Crippen LogP contribution in [0.3, 0.4) is 0 Å². The molecule has 0 saturated carbocycles. The average Bonchev–Trinajstić information content (AvgIpc) is 2.87. The molecule has 5 rings (SSSR count). The Morgan fingerprint density at radius 2 is 1.90 bits per heavy atom. The van der Waals surface area contributed by atoms with Crippen molar-refractivity contribution in [1.29, 1.82) is 0 Å². The predicted molar refractivity (Wildman–Crippen MR) is 148 cm³/mol. The number of carbonyl (C=O) groups is 1. The van der Waals surface area contributed by atoms with E-state index in [1.54, 1.807) is 30.4 Å². The number of piperazine rings is 1. The van der Waals surface area contributed by atoms with Gasteiger partial charge in [0.2, 0.25) is 5.16 Å². The lowest BCUT2D eigenvalue weighted by Gasteiger charge is -2.44. The average molecular weight is 559 g/mol. The summed E-state index contributed by atoms with van der Waals surface area (Å²) in [5.41, 5.74) is 3.42. The zero-order chi connectivity index (χ0) is 27.9. The number of anilines is 1. The maximum Gasteiger partial charge on any atom is 0.410 e. The lowest BCUT2D eigenvalue weighted by molar-refractivity contribution is 0.00334. The number of carbonyl (C=O) groups excluding carboxylic acids is 1. The van der Waals surface area contributed by atoms with Crippen LogP contribution in [0.1, 0.15) is 56.0 Å². The summed E-state index contributed by atoms with van der Waals surface area (Å²) in [5.74, 6) is 0.704. The van der Waals surface area contributed by atoms with E-state index < -0.39 is 16.4 Å². The fraction of sp³-hybridized carbons (Fsp3) is 0.621. The number of fused-ring (bicyclic) bond motifs is 2. The molecule has 1 aromatic carbocycles. The van der Waals surface area contributed by atoms with Gasteiger partial charge in [-0.3, -0.25) is 9.11 Å². The van der Waals surface area contributed by atoms with Gasteiger partial charge in [-0.1, -0.05) is 12.1 Å². The Morgan fingerprint density at radius 1 is 1.15 bits per heavy atom. The number of amides is 1. The first-order valence-electron chi connectivity index (χ1n) is 13.7. The molecule has 2 heterocycles. The van der Waals surface area contributed by atoms with Gasteiger partial charge in [0.25, 0.3) is 0 Å². The molecule has 1 amide bonds. The fourth-order valence-corrected chi connectivity index (χ4v) is 6.81. The second-order valence-corrected chi connectivity index (χ2v) is 13.4. The van der Waals surface area contributed by atoms with Crippen molar-refractivity contribution in [3.8, 4) is 0 Å². The summed E-state index contributed by atoms with van der Waals surface area (Å²) in [5, 5.41) is 0.334. The van der Waals surface area contributed by atoms with Crippen LogP contribution in [0.2, 0.25) is 0 Å². The van der Waals surface area contributed by atoms with Gasteiger partial charge in [-0.2, -0.15) is 0 Å². The van der Waals surface area contributed by atoms with Crippen LogP contribution < -0.4 is 4.90 Å². The van der Waals surface area contributed by atoms with Crippen molar-refractivity contribution in [3.63, 3.8) is 0 Å². The van der Waals surface area contributed by atoms with Crippen molar-refractivity contribution in [2.75, 3.05) is 44.5 Å². The van der Waals surface area contributed by atoms with E-state index in [0.717, 1.165) is 66.7 Å². The standard InChI is InChI=1S/C29H39FN4O4S/c1-28(2,3)38-27(35)34-14-13-33(17-20(34)18-37-4)25-22-10-12-29(16-24(22)31-26(32-25)39(5)36)11-9-21-19(15-29)7-6-8-23(21)30/h6-8,20H,9-18H2,1-5H3/t20?,29-,39?/m1/s1. The minimum atomic E-state index is -1.34. The van der Waals surface area contributed by atoms with Crippen molar-refractivity contribution in [2.24, 2.45) is 5.41 Å². The molecule has 3 atom stereocenters. The van der Waals surface area contributed by atoms with Crippen molar-refractivity contribution < 1.29 is 22.9 Å². The first kappa shape index (κ1) is 28.0. The number of rotatable bonds is 4. The molecular formula is C29H39FN4O4S. The highest BCUT2D eigenvalue weighted by Crippen LogP contribution is 2.47. The number of benzene rings is 1. The van der Waals surface area contributed by atoms with Crippen molar-refractivity contribution >= 4 is 22.7 Å². The largest absolute Gasteiger partial charge is 0.444 e. The quantitative estimate of drug-likeness (QED) is 0.523. The van der Waals surface area contributed by atoms with Crippen molar-refractivity contribution in [1.82, 2.24) is 14.9 Å². The topological polar surface area (TPSA) is 84.9 Å². The number of methoxy groups -OCH3 is 1. The Kier molecular flexibility index (Phi) is 7.72. The van der Waals surface area contributed by atoms with Crippen LogP contribution in [0.5, 0.6) is 0 Å². The first-order chi connectivity index (χ1) is 18.5. The summed E-state index contributed by atoms with van der Waals surface area (Å²) < 4.78 is 38.2. The van der Waals surface area contributed by atoms with Gasteiger partial charge in [-0.25, -0.2) is 19.2 Å². The SMILES string of the molecule is COCC1CN(c2nc(S(C)=O)nc3c2CC[C@@]2(CCc4c(F)cccc4C2)C3)CCN1C(=O)OC(C)(C)C. The second kappa shape index (κ2) is 10.8. The Balaban J connectivity index is 1.43. The molecule has 10 heteroatoms. The Morgan fingerprint density at radius 3 is 2.59 bits per heavy atom. The third-order valence-corrected chi connectivity index (χ3v) is 8.91. The third-order valence-electron chi connectivity index (χ3n) is 8.21. The van der Waals surface area contributed by atoms with Gasteiger partial charge in [0.05, 0.1) is 29.1 Å². The van der Waals surface area contributed by atoms with Gasteiger partial charge < -0.3 is 14.4 Å². The third kappa shape index (κ3) is 5.82. The van der Waals surface area contributed by atoms with Crippen LogP contribution in [-0.2, 0) is 46.0 Å². The normalized spacial score (nSPS) is 23.8. The summed E-state index contributed by atoms with van der Waals surface area (Å²) in [4.78, 5) is 26.5. The Hall–Kier alpha value is -2.59. The van der Waals surface area contributed by atoms with Crippen LogP contribution in [0.4, 0.5) is 15.0 Å². The molecule has 212 valence electrons. The molecular weight excluding hydrogens is 519 g/mol. The fourth-order valence-electron chi connectivity index (χ4n) is 6.36. The van der Waals surface area contributed by atoms with E-state index in [4.69, 9.17) is 19.4 Å². The van der Waals surface area contributed by atoms with Gasteiger partial charge in [0, 0.05) is 38.6 Å². The smallest absolute Gasteiger partial charge is 0.410 e. The Bertz CT molecular complexity index is 1280. The molecule has 1 aromatic heterocycles. The molecule has 2 aromatic rings. The van der Waals surface area contributed by atoms with Crippen molar-refractivity contribution in [2.45, 2.75) is 76.1 Å². The minimum Gasteiger partial charge on any atom is -0.444 e. The molecule has 39 heavy (non-hydrogen) atoms. The highest BCUT2D eigenvalue weighted by molar-refractivity contribution is 7.84. The molecule has 0 radical (unpaired) electrons. The Labute approximate surface area is 232 Å². The van der Waals surface area contributed by atoms with Crippen LogP contribution in [-0.4, -0.2) is 76.4 Å². The van der Waals surface area contributed by atoms with Gasteiger partial charge in [-0.15, -0.1) is 0 Å². The molecule has 0 N–H and O–H groups in total. The molecule has 8 nitrogen and oxygen atoms in total. The highest BCUT2D eigenvalue weighted by atomic mass is 32.2. The molecule has 3 aliphatic rings. The van der Waals surface area contributed by atoms with E-state index in [-0.39, 0.29) is 23.4 Å². The maximum absolute atomic E-state index is 14.4. The first-order valence-corrected chi connectivity index (χ1v) is 15.3. The van der Waals surface area contributed by atoms with Gasteiger partial charge in [-0.05, 0) is 81.9 Å². The van der Waals surface area contributed by atoms with Crippen LogP contribution in [0.15, 0.2) is 23.4 Å². The lowest BCUT2D eigenvalue weighted by atomic mass is 9.63. The van der Waals surface area contributed by atoms with E-state index in [2.05, 4.69) is 4.90 Å². The molecule has 1 aliphatic heterocycles. The highest BCUT2D eigenvalue weighted by Gasteiger charge is 2.41. The van der Waals surface area contributed by atoms with Crippen LogP contribution >= 0.6 is 0 Å². The molecule has 1 spiro atoms. The van der Waals surface area contributed by atoms with E-state index in [9.17, 15) is 13.4 Å². The van der Waals surface area contributed by atoms with Gasteiger partial charge >= 0.3 is 6.09 Å². The van der Waals surface area contributed by atoms with Crippen molar-refractivity contribution in [3.05, 3.63) is 46.4 Å². The van der Waals surface area contributed by atoms with Gasteiger partial charge in [0.1, 0.15) is 17.2 Å². The number of hydrogen-bond acceptors (Lipinski definition) is 7. The summed E-state index contributed by atoms with van der Waals surface area (Å²) in [6, 6.07) is 5.19. The van der Waals surface area contributed by atoms with E-state index >= 15 is 0 Å². The minimum absolute atomic E-state index is 0.0138. The molecule has 1 saturated heterocycles. The summed E-state index contributed by atoms with van der Waals surface area (Å²) in [7, 11) is 0.287. The molecule has 2 unspecified atom stereocenters. The number of ether oxygens (including phenoxy) is 2. The van der Waals surface area contributed by atoms with Crippen LogP contribution in [0, 0.1) is 11.2 Å². The van der Waals surface area contributed by atoms with E-state index in [1.165, 1.54) is 0 Å².